The maximum atomic E-state index is 12.5. The van der Waals surface area contributed by atoms with Gasteiger partial charge in [-0.2, -0.15) is 0 Å². The number of amides is 2. The van der Waals surface area contributed by atoms with Gasteiger partial charge >= 0.3 is 0 Å². The summed E-state index contributed by atoms with van der Waals surface area (Å²) >= 11 is 0. The number of aryl methyl sites for hydroxylation is 1. The number of piperidine rings is 1. The Morgan fingerprint density at radius 1 is 1.30 bits per heavy atom. The minimum Gasteiger partial charge on any atom is -0.350 e. The molecule has 0 radical (unpaired) electrons. The van der Waals surface area contributed by atoms with Crippen LogP contribution in [0.3, 0.4) is 0 Å². The van der Waals surface area contributed by atoms with Crippen LogP contribution >= 0.6 is 0 Å². The third-order valence-electron chi connectivity index (χ3n) is 4.16. The van der Waals surface area contributed by atoms with E-state index in [1.165, 1.54) is 0 Å². The first-order valence-electron chi connectivity index (χ1n) is 8.36. The lowest BCUT2D eigenvalue weighted by Gasteiger charge is -2.28. The molecule has 1 heterocycles. The molecule has 5 heteroatoms. The second kappa shape index (κ2) is 8.11. The monoisotopic (exact) mass is 317 g/mol. The molecule has 0 aliphatic carbocycles. The maximum absolute atomic E-state index is 12.5. The number of nitrogens with one attached hydrogen (secondary N) is 3. The molecule has 1 saturated heterocycles. The highest BCUT2D eigenvalue weighted by Gasteiger charge is 2.27. The van der Waals surface area contributed by atoms with E-state index in [1.807, 2.05) is 39.0 Å². The highest BCUT2D eigenvalue weighted by Crippen LogP contribution is 2.09. The Labute approximate surface area is 138 Å². The number of hydrogen-bond acceptors (Lipinski definition) is 3. The Morgan fingerprint density at radius 2 is 2.09 bits per heavy atom. The molecule has 1 aromatic carbocycles. The maximum Gasteiger partial charge on any atom is 0.251 e. The van der Waals surface area contributed by atoms with Gasteiger partial charge in [-0.05, 0) is 44.4 Å². The van der Waals surface area contributed by atoms with Crippen molar-refractivity contribution >= 4 is 11.8 Å². The van der Waals surface area contributed by atoms with Gasteiger partial charge in [0.2, 0.25) is 5.91 Å². The minimum absolute atomic E-state index is 0.0281. The molecule has 5 nitrogen and oxygen atoms in total. The van der Waals surface area contributed by atoms with Crippen LogP contribution in [0.5, 0.6) is 0 Å². The molecule has 0 spiro atoms. The van der Waals surface area contributed by atoms with Crippen molar-refractivity contribution < 1.29 is 9.59 Å². The fourth-order valence-electron chi connectivity index (χ4n) is 2.81. The Kier molecular flexibility index (Phi) is 6.16. The molecule has 0 saturated carbocycles. The van der Waals surface area contributed by atoms with Crippen LogP contribution in [0.1, 0.15) is 42.6 Å². The van der Waals surface area contributed by atoms with Crippen LogP contribution in [0.25, 0.3) is 0 Å². The van der Waals surface area contributed by atoms with Crippen LogP contribution in [0, 0.1) is 12.8 Å². The standard InChI is InChI=1S/C18H27N3O2/c1-12(2)16(18(23)20-15-8-5-9-19-11-15)21-17(22)14-7-4-6-13(3)10-14/h4,6-7,10,12,15-16,19H,5,8-9,11H2,1-3H3,(H,20,23)(H,21,22)/t15-,16?/m0/s1. The zero-order valence-corrected chi connectivity index (χ0v) is 14.2. The van der Waals surface area contributed by atoms with Crippen molar-refractivity contribution in [2.24, 2.45) is 5.92 Å². The van der Waals surface area contributed by atoms with Crippen LogP contribution in [0.2, 0.25) is 0 Å². The quantitative estimate of drug-likeness (QED) is 0.773. The molecule has 2 atom stereocenters. The predicted molar refractivity (Wildman–Crippen MR) is 91.3 cm³/mol. The fraction of sp³-hybridized carbons (Fsp3) is 0.556. The Balaban J connectivity index is 2.00. The SMILES string of the molecule is Cc1cccc(C(=O)NC(C(=O)N[C@H]2CCCNC2)C(C)C)c1. The molecule has 0 bridgehead atoms. The second-order valence-corrected chi connectivity index (χ2v) is 6.62. The lowest BCUT2D eigenvalue weighted by molar-refractivity contribution is -0.124. The fourth-order valence-corrected chi connectivity index (χ4v) is 2.81. The van der Waals surface area contributed by atoms with Crippen LogP contribution < -0.4 is 16.0 Å². The summed E-state index contributed by atoms with van der Waals surface area (Å²) in [5, 5.41) is 9.21. The summed E-state index contributed by atoms with van der Waals surface area (Å²) in [6.07, 6.45) is 2.04. The highest BCUT2D eigenvalue weighted by atomic mass is 16.2. The van der Waals surface area contributed by atoms with Crippen LogP contribution in [-0.4, -0.2) is 37.0 Å². The third-order valence-corrected chi connectivity index (χ3v) is 4.16. The molecular weight excluding hydrogens is 290 g/mol. The van der Waals surface area contributed by atoms with E-state index in [2.05, 4.69) is 16.0 Å². The molecule has 1 aromatic rings. The van der Waals surface area contributed by atoms with Gasteiger partial charge < -0.3 is 16.0 Å². The Bertz CT molecular complexity index is 551. The first-order valence-corrected chi connectivity index (χ1v) is 8.36. The first kappa shape index (κ1) is 17.5. The number of carbonyl (C=O) groups is 2. The van der Waals surface area contributed by atoms with Gasteiger partial charge in [-0.15, -0.1) is 0 Å². The first-order chi connectivity index (χ1) is 11.0. The average Bonchev–Trinajstić information content (AvgIpc) is 2.52. The number of benzene rings is 1. The van der Waals surface area contributed by atoms with Gasteiger partial charge in [0.1, 0.15) is 6.04 Å². The summed E-state index contributed by atoms with van der Waals surface area (Å²) in [5.41, 5.74) is 1.61. The molecule has 1 fully saturated rings. The number of hydrogen-bond donors (Lipinski definition) is 3. The van der Waals surface area contributed by atoms with Crippen molar-refractivity contribution in [3.8, 4) is 0 Å². The van der Waals surface area contributed by atoms with Crippen LogP contribution in [0.15, 0.2) is 24.3 Å². The summed E-state index contributed by atoms with van der Waals surface area (Å²) in [7, 11) is 0. The van der Waals surface area contributed by atoms with Crippen molar-refractivity contribution in [1.82, 2.24) is 16.0 Å². The molecule has 1 aliphatic rings. The predicted octanol–water partition coefficient (Wildman–Crippen LogP) is 1.62. The summed E-state index contributed by atoms with van der Waals surface area (Å²) < 4.78 is 0. The van der Waals surface area contributed by atoms with E-state index < -0.39 is 6.04 Å². The summed E-state index contributed by atoms with van der Waals surface area (Å²) in [5.74, 6) is -0.278. The van der Waals surface area contributed by atoms with Crippen molar-refractivity contribution in [3.05, 3.63) is 35.4 Å². The van der Waals surface area contributed by atoms with E-state index in [0.717, 1.165) is 31.5 Å². The van der Waals surface area contributed by atoms with E-state index in [4.69, 9.17) is 0 Å². The van der Waals surface area contributed by atoms with Crippen LogP contribution in [0.4, 0.5) is 0 Å². The third kappa shape index (κ3) is 5.06. The molecule has 2 amide bonds. The Morgan fingerprint density at radius 3 is 2.70 bits per heavy atom. The second-order valence-electron chi connectivity index (χ2n) is 6.62. The summed E-state index contributed by atoms with van der Waals surface area (Å²) in [6, 6.07) is 7.01. The van der Waals surface area contributed by atoms with Crippen molar-refractivity contribution in [1.29, 1.82) is 0 Å². The largest absolute Gasteiger partial charge is 0.350 e. The Hall–Kier alpha value is -1.88. The lowest BCUT2D eigenvalue weighted by Crippen LogP contribution is -2.54. The van der Waals surface area contributed by atoms with Gasteiger partial charge in [-0.3, -0.25) is 9.59 Å². The molecule has 3 N–H and O–H groups in total. The molecule has 23 heavy (non-hydrogen) atoms. The van der Waals surface area contributed by atoms with E-state index >= 15 is 0 Å². The lowest BCUT2D eigenvalue weighted by atomic mass is 10.0. The van der Waals surface area contributed by atoms with Crippen molar-refractivity contribution in [2.45, 2.75) is 45.7 Å². The van der Waals surface area contributed by atoms with Crippen molar-refractivity contribution in [2.75, 3.05) is 13.1 Å². The number of rotatable bonds is 5. The zero-order chi connectivity index (χ0) is 16.8. The molecule has 126 valence electrons. The van der Waals surface area contributed by atoms with E-state index in [1.54, 1.807) is 6.07 Å². The molecule has 0 aromatic heterocycles. The minimum atomic E-state index is -0.523. The van der Waals surface area contributed by atoms with Gasteiger partial charge in [0.05, 0.1) is 0 Å². The highest BCUT2D eigenvalue weighted by molar-refractivity contribution is 5.97. The number of carbonyl (C=O) groups excluding carboxylic acids is 2. The van der Waals surface area contributed by atoms with Gasteiger partial charge in [-0.25, -0.2) is 0 Å². The zero-order valence-electron chi connectivity index (χ0n) is 14.2. The topological polar surface area (TPSA) is 70.2 Å². The van der Waals surface area contributed by atoms with E-state index in [-0.39, 0.29) is 23.8 Å². The summed E-state index contributed by atoms with van der Waals surface area (Å²) in [6.45, 7) is 7.63. The van der Waals surface area contributed by atoms with Crippen LogP contribution in [-0.2, 0) is 4.79 Å². The average molecular weight is 317 g/mol. The van der Waals surface area contributed by atoms with Gasteiger partial charge in [0, 0.05) is 18.2 Å². The molecular formula is C18H27N3O2. The van der Waals surface area contributed by atoms with Gasteiger partial charge in [0.15, 0.2) is 0 Å². The van der Waals surface area contributed by atoms with E-state index in [0.29, 0.717) is 5.56 Å². The summed E-state index contributed by atoms with van der Waals surface area (Å²) in [4.78, 5) is 24.9. The van der Waals surface area contributed by atoms with Gasteiger partial charge in [-0.1, -0.05) is 31.5 Å². The van der Waals surface area contributed by atoms with Gasteiger partial charge in [0.25, 0.3) is 5.91 Å². The van der Waals surface area contributed by atoms with E-state index in [9.17, 15) is 9.59 Å². The van der Waals surface area contributed by atoms with Crippen molar-refractivity contribution in [3.63, 3.8) is 0 Å². The smallest absolute Gasteiger partial charge is 0.251 e. The normalized spacial score (nSPS) is 19.2. The molecule has 1 aliphatic heterocycles. The molecule has 2 rings (SSSR count). The molecule has 1 unspecified atom stereocenters.